The molecule has 2 fully saturated rings. The van der Waals surface area contributed by atoms with Crippen LogP contribution in [0.4, 0.5) is 5.82 Å². The summed E-state index contributed by atoms with van der Waals surface area (Å²) in [5.74, 6) is 1.43. The lowest BCUT2D eigenvalue weighted by Crippen LogP contribution is -2.30. The molecule has 0 aromatic carbocycles. The maximum absolute atomic E-state index is 11.8. The van der Waals surface area contributed by atoms with E-state index in [1.54, 1.807) is 0 Å². The van der Waals surface area contributed by atoms with Gasteiger partial charge in [0, 0.05) is 19.1 Å². The Morgan fingerprint density at radius 2 is 2.09 bits per heavy atom. The molecule has 22 heavy (non-hydrogen) atoms. The molecule has 116 valence electrons. The first-order valence-electron chi connectivity index (χ1n) is 7.16. The number of aromatic nitrogens is 2. The van der Waals surface area contributed by atoms with Crippen molar-refractivity contribution in [3.8, 4) is 6.07 Å². The SMILES string of the molecule is N#CCC(=O)N1CC2CC(Nc3nc(Cl)ncc3Cl)CC2C1. The standard InChI is InChI=1S/C14H15Cl2N5O/c15-11-5-18-14(16)20-13(11)19-10-3-8-6-21(7-9(8)4-10)12(22)1-2-17/h5,8-10H,1,3-4,6-7H2,(H,18,19,20). The molecule has 3 rings (SSSR count). The first-order chi connectivity index (χ1) is 10.6. The Kier molecular flexibility index (Phi) is 4.37. The molecule has 6 nitrogen and oxygen atoms in total. The third-order valence-electron chi connectivity index (χ3n) is 4.39. The van der Waals surface area contributed by atoms with Crippen molar-refractivity contribution in [3.63, 3.8) is 0 Å². The largest absolute Gasteiger partial charge is 0.366 e. The molecule has 1 aromatic heterocycles. The highest BCUT2D eigenvalue weighted by molar-refractivity contribution is 6.33. The fourth-order valence-electron chi connectivity index (χ4n) is 3.44. The van der Waals surface area contributed by atoms with Gasteiger partial charge in [0.2, 0.25) is 11.2 Å². The van der Waals surface area contributed by atoms with Gasteiger partial charge in [-0.3, -0.25) is 4.79 Å². The van der Waals surface area contributed by atoms with Gasteiger partial charge in [-0.2, -0.15) is 10.2 Å². The number of nitrogens with zero attached hydrogens (tertiary/aromatic N) is 4. The lowest BCUT2D eigenvalue weighted by molar-refractivity contribution is -0.129. The van der Waals surface area contributed by atoms with Crippen molar-refractivity contribution >= 4 is 34.9 Å². The van der Waals surface area contributed by atoms with E-state index in [0.29, 0.717) is 22.7 Å². The Morgan fingerprint density at radius 3 is 2.73 bits per heavy atom. The number of carbonyl (C=O) groups excluding carboxylic acids is 1. The first-order valence-corrected chi connectivity index (χ1v) is 7.91. The van der Waals surface area contributed by atoms with Gasteiger partial charge in [-0.1, -0.05) is 11.6 Å². The predicted molar refractivity (Wildman–Crippen MR) is 82.5 cm³/mol. The topological polar surface area (TPSA) is 81.9 Å². The van der Waals surface area contributed by atoms with Gasteiger partial charge in [-0.15, -0.1) is 0 Å². The molecule has 1 saturated heterocycles. The summed E-state index contributed by atoms with van der Waals surface area (Å²) < 4.78 is 0. The van der Waals surface area contributed by atoms with E-state index < -0.39 is 0 Å². The molecule has 2 unspecified atom stereocenters. The Hall–Kier alpha value is -1.58. The van der Waals surface area contributed by atoms with E-state index in [2.05, 4.69) is 15.3 Å². The van der Waals surface area contributed by atoms with Crippen LogP contribution < -0.4 is 5.32 Å². The Bertz CT molecular complexity index is 618. The van der Waals surface area contributed by atoms with Gasteiger partial charge in [0.05, 0.1) is 12.3 Å². The highest BCUT2D eigenvalue weighted by Gasteiger charge is 2.42. The third-order valence-corrected chi connectivity index (χ3v) is 4.85. The highest BCUT2D eigenvalue weighted by atomic mass is 35.5. The van der Waals surface area contributed by atoms with Gasteiger partial charge >= 0.3 is 0 Å². The number of hydrogen-bond donors (Lipinski definition) is 1. The fourth-order valence-corrected chi connectivity index (χ4v) is 3.72. The molecule has 1 aromatic rings. The summed E-state index contributed by atoms with van der Waals surface area (Å²) in [6, 6.07) is 2.19. The van der Waals surface area contributed by atoms with Gasteiger partial charge < -0.3 is 10.2 Å². The van der Waals surface area contributed by atoms with Crippen molar-refractivity contribution in [1.82, 2.24) is 14.9 Å². The number of rotatable bonds is 3. The number of anilines is 1. The van der Waals surface area contributed by atoms with Crippen molar-refractivity contribution in [2.24, 2.45) is 11.8 Å². The Labute approximate surface area is 138 Å². The zero-order valence-corrected chi connectivity index (χ0v) is 13.3. The van der Waals surface area contributed by atoms with E-state index in [-0.39, 0.29) is 23.7 Å². The predicted octanol–water partition coefficient (Wildman–Crippen LogP) is 2.35. The zero-order chi connectivity index (χ0) is 15.7. The van der Waals surface area contributed by atoms with E-state index in [1.165, 1.54) is 6.20 Å². The molecule has 2 aliphatic rings. The van der Waals surface area contributed by atoms with E-state index in [0.717, 1.165) is 25.9 Å². The molecule has 1 saturated carbocycles. The molecule has 0 bridgehead atoms. The minimum absolute atomic E-state index is 0.0316. The van der Waals surface area contributed by atoms with Crippen LogP contribution in [0, 0.1) is 23.2 Å². The highest BCUT2D eigenvalue weighted by Crippen LogP contribution is 2.39. The van der Waals surface area contributed by atoms with Crippen molar-refractivity contribution in [3.05, 3.63) is 16.5 Å². The average molecular weight is 340 g/mol. The van der Waals surface area contributed by atoms with Gasteiger partial charge in [-0.25, -0.2) is 4.98 Å². The number of likely N-dealkylation sites (tertiary alicyclic amines) is 1. The monoisotopic (exact) mass is 339 g/mol. The summed E-state index contributed by atoms with van der Waals surface area (Å²) in [7, 11) is 0. The summed E-state index contributed by atoms with van der Waals surface area (Å²) in [5, 5.41) is 12.6. The minimum Gasteiger partial charge on any atom is -0.366 e. The molecule has 2 atom stereocenters. The second-order valence-electron chi connectivity index (χ2n) is 5.80. The molecule has 8 heteroatoms. The van der Waals surface area contributed by atoms with Gasteiger partial charge in [0.1, 0.15) is 17.3 Å². The summed E-state index contributed by atoms with van der Waals surface area (Å²) in [6.07, 6.45) is 3.37. The van der Waals surface area contributed by atoms with Crippen molar-refractivity contribution in [2.75, 3.05) is 18.4 Å². The fraction of sp³-hybridized carbons (Fsp3) is 0.571. The van der Waals surface area contributed by atoms with Crippen LogP contribution in [0.3, 0.4) is 0 Å². The molecule has 1 aliphatic carbocycles. The van der Waals surface area contributed by atoms with Crippen LogP contribution in [-0.4, -0.2) is 39.9 Å². The number of nitriles is 1. The molecule has 1 aliphatic heterocycles. The Morgan fingerprint density at radius 1 is 1.41 bits per heavy atom. The maximum Gasteiger partial charge on any atom is 0.236 e. The van der Waals surface area contributed by atoms with Crippen LogP contribution in [0.5, 0.6) is 0 Å². The van der Waals surface area contributed by atoms with Crippen molar-refractivity contribution in [1.29, 1.82) is 5.26 Å². The molecule has 0 radical (unpaired) electrons. The quantitative estimate of drug-likeness (QED) is 0.854. The van der Waals surface area contributed by atoms with Crippen molar-refractivity contribution < 1.29 is 4.79 Å². The number of fused-ring (bicyclic) bond motifs is 1. The van der Waals surface area contributed by atoms with Crippen LogP contribution in [-0.2, 0) is 4.79 Å². The first kappa shape index (κ1) is 15.3. The minimum atomic E-state index is -0.0629. The molecular formula is C14H15Cl2N5O. The van der Waals surface area contributed by atoms with Gasteiger partial charge in [0.15, 0.2) is 0 Å². The van der Waals surface area contributed by atoms with E-state index in [4.69, 9.17) is 28.5 Å². The number of halogens is 2. The van der Waals surface area contributed by atoms with Crippen LogP contribution in [0.1, 0.15) is 19.3 Å². The van der Waals surface area contributed by atoms with E-state index in [1.807, 2.05) is 11.0 Å². The van der Waals surface area contributed by atoms with Gasteiger partial charge in [0.25, 0.3) is 0 Å². The van der Waals surface area contributed by atoms with Crippen molar-refractivity contribution in [2.45, 2.75) is 25.3 Å². The number of nitrogens with one attached hydrogen (secondary N) is 1. The normalized spacial score (nSPS) is 26.6. The maximum atomic E-state index is 11.8. The molecule has 1 amide bonds. The molecular weight excluding hydrogens is 325 g/mol. The third kappa shape index (κ3) is 3.11. The van der Waals surface area contributed by atoms with Crippen LogP contribution >= 0.6 is 23.2 Å². The van der Waals surface area contributed by atoms with Crippen LogP contribution in [0.2, 0.25) is 10.3 Å². The zero-order valence-electron chi connectivity index (χ0n) is 11.8. The summed E-state index contributed by atoms with van der Waals surface area (Å²) in [6.45, 7) is 1.48. The second kappa shape index (κ2) is 6.27. The summed E-state index contributed by atoms with van der Waals surface area (Å²) in [4.78, 5) is 21.5. The van der Waals surface area contributed by atoms with Gasteiger partial charge in [-0.05, 0) is 36.3 Å². The van der Waals surface area contributed by atoms with E-state index in [9.17, 15) is 4.79 Å². The molecule has 0 spiro atoms. The Balaban J connectivity index is 1.58. The van der Waals surface area contributed by atoms with Crippen LogP contribution in [0.25, 0.3) is 0 Å². The average Bonchev–Trinajstić information content (AvgIpc) is 3.01. The number of hydrogen-bond acceptors (Lipinski definition) is 5. The number of amides is 1. The molecule has 1 N–H and O–H groups in total. The lowest BCUT2D eigenvalue weighted by atomic mass is 10.0. The number of carbonyl (C=O) groups is 1. The lowest BCUT2D eigenvalue weighted by Gasteiger charge is -2.19. The smallest absolute Gasteiger partial charge is 0.236 e. The van der Waals surface area contributed by atoms with E-state index >= 15 is 0 Å². The summed E-state index contributed by atoms with van der Waals surface area (Å²) >= 11 is 11.9. The second-order valence-corrected chi connectivity index (χ2v) is 6.55. The molecule has 2 heterocycles. The summed E-state index contributed by atoms with van der Waals surface area (Å²) in [5.41, 5.74) is 0. The van der Waals surface area contributed by atoms with Crippen LogP contribution in [0.15, 0.2) is 6.20 Å².